The lowest BCUT2D eigenvalue weighted by molar-refractivity contribution is 0.112. The van der Waals surface area contributed by atoms with Gasteiger partial charge >= 0.3 is 0 Å². The Balaban J connectivity index is 2.09. The van der Waals surface area contributed by atoms with Crippen molar-refractivity contribution in [2.75, 3.05) is 4.90 Å². The molecular formula is C19H13NO3S. The van der Waals surface area contributed by atoms with Crippen LogP contribution in [0.5, 0.6) is 0 Å². The fourth-order valence-corrected chi connectivity index (χ4v) is 4.63. The van der Waals surface area contributed by atoms with Gasteiger partial charge in [-0.3, -0.25) is 4.79 Å². The molecule has 0 aliphatic carbocycles. The van der Waals surface area contributed by atoms with Crippen LogP contribution < -0.4 is 4.90 Å². The summed E-state index contributed by atoms with van der Waals surface area (Å²) in [5, 5.41) is 0. The summed E-state index contributed by atoms with van der Waals surface area (Å²) in [6.07, 6.45) is 0.656. The smallest absolute Gasteiger partial charge is 0.210 e. The Morgan fingerprint density at radius 3 is 2.17 bits per heavy atom. The number of anilines is 3. The first-order valence-corrected chi connectivity index (χ1v) is 8.90. The Morgan fingerprint density at radius 2 is 1.42 bits per heavy atom. The van der Waals surface area contributed by atoms with Crippen molar-refractivity contribution >= 4 is 33.2 Å². The van der Waals surface area contributed by atoms with E-state index in [2.05, 4.69) is 0 Å². The molecule has 0 N–H and O–H groups in total. The Labute approximate surface area is 139 Å². The van der Waals surface area contributed by atoms with Gasteiger partial charge in [-0.25, -0.2) is 8.42 Å². The molecule has 118 valence electrons. The maximum atomic E-state index is 13.0. The quantitative estimate of drug-likeness (QED) is 0.517. The van der Waals surface area contributed by atoms with Crippen molar-refractivity contribution in [3.8, 4) is 0 Å². The molecule has 0 aromatic heterocycles. The molecule has 0 bridgehead atoms. The van der Waals surface area contributed by atoms with Crippen molar-refractivity contribution < 1.29 is 13.2 Å². The summed E-state index contributed by atoms with van der Waals surface area (Å²) in [5.41, 5.74) is 2.35. The molecule has 0 radical (unpaired) electrons. The van der Waals surface area contributed by atoms with Crippen LogP contribution in [-0.2, 0) is 9.84 Å². The molecule has 1 aliphatic heterocycles. The van der Waals surface area contributed by atoms with Gasteiger partial charge in [0.25, 0.3) is 0 Å². The third-order valence-electron chi connectivity index (χ3n) is 4.06. The van der Waals surface area contributed by atoms with Crippen LogP contribution in [0, 0.1) is 0 Å². The second-order valence-electron chi connectivity index (χ2n) is 5.49. The number of para-hydroxylation sites is 2. The van der Waals surface area contributed by atoms with Gasteiger partial charge in [-0.1, -0.05) is 30.3 Å². The normalized spacial score (nSPS) is 14.6. The lowest BCUT2D eigenvalue weighted by Crippen LogP contribution is -2.22. The Hall–Kier alpha value is -2.92. The lowest BCUT2D eigenvalue weighted by atomic mass is 10.1. The standard InChI is InChI=1S/C19H13NO3S/c21-13-14-10-11-17-19(12-14)24(22,23)18-9-5-4-8-16(18)20(17)15-6-2-1-3-7-15/h1-13H. The molecule has 0 spiro atoms. The van der Waals surface area contributed by atoms with E-state index in [0.717, 1.165) is 5.69 Å². The van der Waals surface area contributed by atoms with E-state index in [1.54, 1.807) is 30.3 Å². The number of fused-ring (bicyclic) bond motifs is 2. The molecule has 0 amide bonds. The summed E-state index contributed by atoms with van der Waals surface area (Å²) in [7, 11) is -3.68. The van der Waals surface area contributed by atoms with E-state index in [0.29, 0.717) is 23.2 Å². The van der Waals surface area contributed by atoms with E-state index in [1.165, 1.54) is 6.07 Å². The van der Waals surface area contributed by atoms with Crippen molar-refractivity contribution in [2.45, 2.75) is 9.79 Å². The molecule has 0 atom stereocenters. The van der Waals surface area contributed by atoms with Crippen molar-refractivity contribution in [1.29, 1.82) is 0 Å². The molecule has 4 nitrogen and oxygen atoms in total. The second-order valence-corrected chi connectivity index (χ2v) is 7.37. The molecule has 0 unspecified atom stereocenters. The number of nitrogens with zero attached hydrogens (tertiary/aromatic N) is 1. The summed E-state index contributed by atoms with van der Waals surface area (Å²) < 4.78 is 26.0. The lowest BCUT2D eigenvalue weighted by Gasteiger charge is -2.33. The summed E-state index contributed by atoms with van der Waals surface area (Å²) in [5.74, 6) is 0. The SMILES string of the molecule is O=Cc1ccc2c(c1)S(=O)(=O)c1ccccc1N2c1ccccc1. The molecule has 24 heavy (non-hydrogen) atoms. The van der Waals surface area contributed by atoms with Gasteiger partial charge < -0.3 is 4.90 Å². The van der Waals surface area contributed by atoms with E-state index in [9.17, 15) is 13.2 Å². The third kappa shape index (κ3) is 2.06. The van der Waals surface area contributed by atoms with Gasteiger partial charge in [-0.05, 0) is 42.5 Å². The predicted octanol–water partition coefficient (Wildman–Crippen LogP) is 4.12. The first-order chi connectivity index (χ1) is 11.6. The molecule has 0 saturated heterocycles. The molecule has 4 rings (SSSR count). The van der Waals surface area contributed by atoms with Crippen LogP contribution in [0.1, 0.15) is 10.4 Å². The van der Waals surface area contributed by atoms with Crippen LogP contribution in [0.3, 0.4) is 0 Å². The molecule has 0 saturated carbocycles. The number of carbonyl (C=O) groups is 1. The number of aldehydes is 1. The van der Waals surface area contributed by atoms with E-state index >= 15 is 0 Å². The highest BCUT2D eigenvalue weighted by Crippen LogP contribution is 2.47. The minimum absolute atomic E-state index is 0.148. The van der Waals surface area contributed by atoms with Crippen LogP contribution in [-0.4, -0.2) is 14.7 Å². The van der Waals surface area contributed by atoms with Crippen LogP contribution in [0.4, 0.5) is 17.1 Å². The molecular weight excluding hydrogens is 322 g/mol. The first kappa shape index (κ1) is 14.7. The number of carbonyl (C=O) groups excluding carboxylic acids is 1. The first-order valence-electron chi connectivity index (χ1n) is 7.41. The topological polar surface area (TPSA) is 54.5 Å². The number of benzene rings is 3. The fourth-order valence-electron chi connectivity index (χ4n) is 2.98. The van der Waals surface area contributed by atoms with E-state index in [4.69, 9.17) is 0 Å². The fraction of sp³-hybridized carbons (Fsp3) is 0. The van der Waals surface area contributed by atoms with Crippen molar-refractivity contribution in [2.24, 2.45) is 0 Å². The number of hydrogen-bond donors (Lipinski definition) is 0. The highest BCUT2D eigenvalue weighted by atomic mass is 32.2. The van der Waals surface area contributed by atoms with Crippen molar-refractivity contribution in [3.63, 3.8) is 0 Å². The zero-order valence-electron chi connectivity index (χ0n) is 12.6. The number of hydrogen-bond acceptors (Lipinski definition) is 4. The van der Waals surface area contributed by atoms with E-state index < -0.39 is 9.84 Å². The Morgan fingerprint density at radius 1 is 0.750 bits per heavy atom. The molecule has 0 fully saturated rings. The maximum absolute atomic E-state index is 13.0. The van der Waals surface area contributed by atoms with Crippen LogP contribution in [0.2, 0.25) is 0 Å². The highest BCUT2D eigenvalue weighted by Gasteiger charge is 2.34. The van der Waals surface area contributed by atoms with Gasteiger partial charge in [0.1, 0.15) is 6.29 Å². The molecule has 5 heteroatoms. The summed E-state index contributed by atoms with van der Waals surface area (Å²) in [6.45, 7) is 0. The number of rotatable bonds is 2. The minimum Gasteiger partial charge on any atom is -0.308 e. The molecule has 1 heterocycles. The number of sulfone groups is 1. The Kier molecular flexibility index (Phi) is 3.25. The van der Waals surface area contributed by atoms with Gasteiger partial charge in [0.15, 0.2) is 0 Å². The van der Waals surface area contributed by atoms with Crippen LogP contribution in [0.15, 0.2) is 82.6 Å². The predicted molar refractivity (Wildman–Crippen MR) is 92.0 cm³/mol. The van der Waals surface area contributed by atoms with Gasteiger partial charge in [0.2, 0.25) is 9.84 Å². The van der Waals surface area contributed by atoms with Gasteiger partial charge in [-0.15, -0.1) is 0 Å². The maximum Gasteiger partial charge on any atom is 0.210 e. The van der Waals surface area contributed by atoms with Gasteiger partial charge in [0, 0.05) is 11.3 Å². The van der Waals surface area contributed by atoms with E-state index in [1.807, 2.05) is 41.3 Å². The largest absolute Gasteiger partial charge is 0.308 e. The summed E-state index contributed by atoms with van der Waals surface area (Å²) >= 11 is 0. The minimum atomic E-state index is -3.68. The average molecular weight is 335 g/mol. The third-order valence-corrected chi connectivity index (χ3v) is 5.89. The molecule has 1 aliphatic rings. The van der Waals surface area contributed by atoms with Crippen molar-refractivity contribution in [3.05, 3.63) is 78.4 Å². The highest BCUT2D eigenvalue weighted by molar-refractivity contribution is 7.92. The Bertz CT molecular complexity index is 1040. The van der Waals surface area contributed by atoms with Crippen LogP contribution >= 0.6 is 0 Å². The molecule has 3 aromatic carbocycles. The molecule has 3 aromatic rings. The summed E-state index contributed by atoms with van der Waals surface area (Å²) in [4.78, 5) is 13.4. The monoisotopic (exact) mass is 335 g/mol. The van der Waals surface area contributed by atoms with Crippen molar-refractivity contribution in [1.82, 2.24) is 0 Å². The zero-order valence-corrected chi connectivity index (χ0v) is 13.4. The van der Waals surface area contributed by atoms with Crippen LogP contribution in [0.25, 0.3) is 0 Å². The van der Waals surface area contributed by atoms with E-state index in [-0.39, 0.29) is 9.79 Å². The second kappa shape index (κ2) is 5.32. The zero-order chi connectivity index (χ0) is 16.7. The average Bonchev–Trinajstić information content (AvgIpc) is 2.63. The summed E-state index contributed by atoms with van der Waals surface area (Å²) in [6, 6.07) is 21.2. The van der Waals surface area contributed by atoms with Gasteiger partial charge in [-0.2, -0.15) is 0 Å². The van der Waals surface area contributed by atoms with Gasteiger partial charge in [0.05, 0.1) is 21.2 Å².